The molecule has 0 bridgehead atoms. The summed E-state index contributed by atoms with van der Waals surface area (Å²) in [6.07, 6.45) is 1.57. The Labute approximate surface area is 154 Å². The van der Waals surface area contributed by atoms with Crippen LogP contribution in [0.5, 0.6) is 0 Å². The maximum absolute atomic E-state index is 12.2. The molecular weight excluding hydrogens is 354 g/mol. The van der Waals surface area contributed by atoms with Crippen molar-refractivity contribution in [3.63, 3.8) is 0 Å². The number of hydrogen-bond acceptors (Lipinski definition) is 4. The average Bonchev–Trinajstić information content (AvgIpc) is 3.10. The summed E-state index contributed by atoms with van der Waals surface area (Å²) < 4.78 is 24.4. The smallest absolute Gasteiger partial charge is 0.191 e. The van der Waals surface area contributed by atoms with Crippen molar-refractivity contribution in [3.8, 4) is 0 Å². The summed E-state index contributed by atoms with van der Waals surface area (Å²) in [4.78, 5) is 7.17. The maximum Gasteiger partial charge on any atom is 0.191 e. The molecule has 0 atom stereocenters. The molecule has 0 amide bonds. The van der Waals surface area contributed by atoms with Crippen molar-refractivity contribution in [1.82, 2.24) is 10.6 Å². The van der Waals surface area contributed by atoms with E-state index in [2.05, 4.69) is 34.7 Å². The standard InChI is InChI=1S/C18H25N3O2S2/c1-3-15-10-11-16(24-15)14-21-18(19-2)20-12-7-13-25(22,23)17-8-5-4-6-9-17/h4-6,8-11H,3,7,12-14H2,1-2H3,(H2,19,20,21). The van der Waals surface area contributed by atoms with Crippen LogP contribution in [0.4, 0.5) is 0 Å². The first-order valence-electron chi connectivity index (χ1n) is 8.35. The van der Waals surface area contributed by atoms with Crippen molar-refractivity contribution >= 4 is 27.1 Å². The van der Waals surface area contributed by atoms with Crippen molar-refractivity contribution in [3.05, 3.63) is 52.2 Å². The fourth-order valence-corrected chi connectivity index (χ4v) is 4.54. The first-order valence-corrected chi connectivity index (χ1v) is 10.8. The molecule has 7 heteroatoms. The lowest BCUT2D eigenvalue weighted by atomic mass is 10.3. The number of rotatable bonds is 8. The van der Waals surface area contributed by atoms with Crippen molar-refractivity contribution in [1.29, 1.82) is 0 Å². The zero-order chi connectivity index (χ0) is 18.1. The van der Waals surface area contributed by atoms with Crippen LogP contribution in [-0.2, 0) is 22.8 Å². The number of benzene rings is 1. The third-order valence-corrected chi connectivity index (χ3v) is 6.75. The molecule has 0 saturated carbocycles. The predicted octanol–water partition coefficient (Wildman–Crippen LogP) is 2.84. The van der Waals surface area contributed by atoms with Gasteiger partial charge in [0.15, 0.2) is 15.8 Å². The number of nitrogens with zero attached hydrogens (tertiary/aromatic N) is 1. The van der Waals surface area contributed by atoms with Gasteiger partial charge in [-0.2, -0.15) is 0 Å². The van der Waals surface area contributed by atoms with E-state index < -0.39 is 9.84 Å². The van der Waals surface area contributed by atoms with E-state index in [0.29, 0.717) is 30.4 Å². The SMILES string of the molecule is CCc1ccc(CNC(=NC)NCCCS(=O)(=O)c2ccccc2)s1. The van der Waals surface area contributed by atoms with Gasteiger partial charge in [0.2, 0.25) is 0 Å². The minimum atomic E-state index is -3.22. The Hall–Kier alpha value is -1.86. The largest absolute Gasteiger partial charge is 0.356 e. The number of guanidine groups is 1. The van der Waals surface area contributed by atoms with Crippen molar-refractivity contribution < 1.29 is 8.42 Å². The van der Waals surface area contributed by atoms with Gasteiger partial charge in [0.25, 0.3) is 0 Å². The molecule has 25 heavy (non-hydrogen) atoms. The summed E-state index contributed by atoms with van der Waals surface area (Å²) in [6, 6.07) is 12.8. The monoisotopic (exact) mass is 379 g/mol. The molecular formula is C18H25N3O2S2. The van der Waals surface area contributed by atoms with E-state index in [1.165, 1.54) is 9.75 Å². The van der Waals surface area contributed by atoms with Crippen LogP contribution in [0, 0.1) is 0 Å². The van der Waals surface area contributed by atoms with Crippen LogP contribution in [-0.4, -0.2) is 33.7 Å². The first-order chi connectivity index (χ1) is 12.0. The zero-order valence-corrected chi connectivity index (χ0v) is 16.3. The van der Waals surface area contributed by atoms with E-state index in [1.54, 1.807) is 42.6 Å². The predicted molar refractivity (Wildman–Crippen MR) is 105 cm³/mol. The Bertz CT molecular complexity index is 784. The van der Waals surface area contributed by atoms with Crippen LogP contribution >= 0.6 is 11.3 Å². The van der Waals surface area contributed by atoms with Gasteiger partial charge in [-0.15, -0.1) is 11.3 Å². The average molecular weight is 380 g/mol. The van der Waals surface area contributed by atoms with Gasteiger partial charge < -0.3 is 10.6 Å². The number of hydrogen-bond donors (Lipinski definition) is 2. The highest BCUT2D eigenvalue weighted by molar-refractivity contribution is 7.91. The van der Waals surface area contributed by atoms with Crippen molar-refractivity contribution in [2.75, 3.05) is 19.3 Å². The van der Waals surface area contributed by atoms with E-state index in [1.807, 2.05) is 6.07 Å². The first kappa shape index (κ1) is 19.5. The second kappa shape index (κ2) is 9.58. The molecule has 2 rings (SSSR count). The van der Waals surface area contributed by atoms with E-state index in [9.17, 15) is 8.42 Å². The van der Waals surface area contributed by atoms with Gasteiger partial charge in [-0.05, 0) is 37.1 Å². The minimum Gasteiger partial charge on any atom is -0.356 e. The Morgan fingerprint density at radius 1 is 1.08 bits per heavy atom. The molecule has 5 nitrogen and oxygen atoms in total. The van der Waals surface area contributed by atoms with E-state index in [4.69, 9.17) is 0 Å². The summed E-state index contributed by atoms with van der Waals surface area (Å²) >= 11 is 1.79. The number of aliphatic imine (C=N–C) groups is 1. The van der Waals surface area contributed by atoms with Crippen LogP contribution in [0.15, 0.2) is 52.4 Å². The molecule has 1 aromatic heterocycles. The molecule has 0 unspecified atom stereocenters. The number of nitrogens with one attached hydrogen (secondary N) is 2. The molecule has 0 aliphatic heterocycles. The molecule has 0 radical (unpaired) electrons. The Morgan fingerprint density at radius 2 is 1.80 bits per heavy atom. The van der Waals surface area contributed by atoms with Gasteiger partial charge >= 0.3 is 0 Å². The fraction of sp³-hybridized carbons (Fsp3) is 0.389. The Balaban J connectivity index is 1.74. The number of thiophene rings is 1. The van der Waals surface area contributed by atoms with Gasteiger partial charge in [0.1, 0.15) is 0 Å². The van der Waals surface area contributed by atoms with Crippen molar-refractivity contribution in [2.45, 2.75) is 31.2 Å². The third kappa shape index (κ3) is 6.17. The second-order valence-electron chi connectivity index (χ2n) is 5.56. The van der Waals surface area contributed by atoms with Gasteiger partial charge in [-0.3, -0.25) is 4.99 Å². The van der Waals surface area contributed by atoms with E-state index in [0.717, 1.165) is 6.42 Å². The maximum atomic E-state index is 12.2. The Kier molecular flexibility index (Phi) is 7.46. The molecule has 0 aliphatic rings. The highest BCUT2D eigenvalue weighted by Gasteiger charge is 2.13. The lowest BCUT2D eigenvalue weighted by Crippen LogP contribution is -2.37. The van der Waals surface area contributed by atoms with Crippen LogP contribution in [0.25, 0.3) is 0 Å². The summed E-state index contributed by atoms with van der Waals surface area (Å²) in [5.41, 5.74) is 0. The fourth-order valence-electron chi connectivity index (χ4n) is 2.31. The molecule has 2 aromatic rings. The normalized spacial score (nSPS) is 12.2. The highest BCUT2D eigenvalue weighted by Crippen LogP contribution is 2.16. The second-order valence-corrected chi connectivity index (χ2v) is 8.92. The zero-order valence-electron chi connectivity index (χ0n) is 14.7. The van der Waals surface area contributed by atoms with E-state index >= 15 is 0 Å². The molecule has 0 spiro atoms. The lowest BCUT2D eigenvalue weighted by molar-refractivity contribution is 0.592. The summed E-state index contributed by atoms with van der Waals surface area (Å²) in [5.74, 6) is 0.801. The quantitative estimate of drug-likeness (QED) is 0.420. The summed E-state index contributed by atoms with van der Waals surface area (Å²) in [7, 11) is -1.51. The van der Waals surface area contributed by atoms with Crippen LogP contribution in [0.2, 0.25) is 0 Å². The summed E-state index contributed by atoms with van der Waals surface area (Å²) in [5, 5.41) is 6.42. The topological polar surface area (TPSA) is 70.6 Å². The van der Waals surface area contributed by atoms with Crippen molar-refractivity contribution in [2.24, 2.45) is 4.99 Å². The van der Waals surface area contributed by atoms with Gasteiger partial charge in [-0.25, -0.2) is 8.42 Å². The molecule has 0 aliphatic carbocycles. The number of aryl methyl sites for hydroxylation is 1. The van der Waals surface area contributed by atoms with Crippen LogP contribution in [0.1, 0.15) is 23.1 Å². The highest BCUT2D eigenvalue weighted by atomic mass is 32.2. The molecule has 0 fully saturated rings. The van der Waals surface area contributed by atoms with E-state index in [-0.39, 0.29) is 5.75 Å². The third-order valence-electron chi connectivity index (χ3n) is 3.70. The minimum absolute atomic E-state index is 0.117. The number of sulfone groups is 1. The molecule has 1 heterocycles. The molecule has 0 saturated heterocycles. The van der Waals surface area contributed by atoms with Crippen LogP contribution in [0.3, 0.4) is 0 Å². The molecule has 1 aromatic carbocycles. The molecule has 2 N–H and O–H groups in total. The lowest BCUT2D eigenvalue weighted by Gasteiger charge is -2.11. The van der Waals surface area contributed by atoms with Gasteiger partial charge in [0, 0.05) is 23.3 Å². The van der Waals surface area contributed by atoms with Crippen LogP contribution < -0.4 is 10.6 Å². The van der Waals surface area contributed by atoms with Gasteiger partial charge in [0.05, 0.1) is 17.2 Å². The summed E-state index contributed by atoms with van der Waals surface area (Å²) in [6.45, 7) is 3.41. The van der Waals surface area contributed by atoms with Gasteiger partial charge in [-0.1, -0.05) is 25.1 Å². The molecule has 136 valence electrons. The Morgan fingerprint density at radius 3 is 2.44 bits per heavy atom.